The van der Waals surface area contributed by atoms with Crippen LogP contribution >= 0.6 is 0 Å². The van der Waals surface area contributed by atoms with Crippen LogP contribution in [0.1, 0.15) is 21.9 Å². The third-order valence-electron chi connectivity index (χ3n) is 3.83. The van der Waals surface area contributed by atoms with Gasteiger partial charge in [-0.25, -0.2) is 4.79 Å². The van der Waals surface area contributed by atoms with Gasteiger partial charge < -0.3 is 18.8 Å². The Morgan fingerprint density at radius 1 is 0.857 bits per heavy atom. The molecule has 11 nitrogen and oxygen atoms in total. The van der Waals surface area contributed by atoms with Crippen molar-refractivity contribution in [3.05, 3.63) is 85.8 Å². The van der Waals surface area contributed by atoms with Gasteiger partial charge >= 0.3 is 17.7 Å². The predicted octanol–water partition coefficient (Wildman–Crippen LogP) is 3.59. The SMILES string of the molecule is O=C(O)c1ccc(N(Cc2ccc([N+](=O)[O-])o2)Cc2ccc([N+](=O)[O-])o2)cc1. The number of hydrogen-bond acceptors (Lipinski definition) is 8. The summed E-state index contributed by atoms with van der Waals surface area (Å²) >= 11 is 0. The van der Waals surface area contributed by atoms with E-state index in [-0.39, 0.29) is 30.2 Å². The fraction of sp³-hybridized carbons (Fsp3) is 0.118. The molecule has 0 saturated carbocycles. The Morgan fingerprint density at radius 2 is 1.32 bits per heavy atom. The minimum Gasteiger partial charge on any atom is -0.478 e. The van der Waals surface area contributed by atoms with Crippen molar-refractivity contribution in [2.75, 3.05) is 4.90 Å². The standard InChI is InChI=1S/C17H13N3O8/c21-17(22)11-1-3-12(4-2-11)18(9-13-5-7-15(27-13)19(23)24)10-14-6-8-16(28-14)20(25)26/h1-8H,9-10H2,(H,21,22). The Labute approximate surface area is 156 Å². The van der Waals surface area contributed by atoms with Crippen molar-refractivity contribution in [1.29, 1.82) is 0 Å². The van der Waals surface area contributed by atoms with E-state index in [1.165, 1.54) is 36.4 Å². The predicted molar refractivity (Wildman–Crippen MR) is 94.0 cm³/mol. The summed E-state index contributed by atoms with van der Waals surface area (Å²) in [6.07, 6.45) is 0. The Kier molecular flexibility index (Phi) is 5.07. The van der Waals surface area contributed by atoms with Crippen LogP contribution in [0.15, 0.2) is 57.4 Å². The maximum Gasteiger partial charge on any atom is 0.433 e. The van der Waals surface area contributed by atoms with E-state index in [0.29, 0.717) is 5.69 Å². The highest BCUT2D eigenvalue weighted by Gasteiger charge is 2.19. The second kappa shape index (κ2) is 7.61. The van der Waals surface area contributed by atoms with E-state index in [0.717, 1.165) is 0 Å². The van der Waals surface area contributed by atoms with E-state index in [4.69, 9.17) is 13.9 Å². The lowest BCUT2D eigenvalue weighted by Gasteiger charge is -2.22. The summed E-state index contributed by atoms with van der Waals surface area (Å²) < 4.78 is 10.3. The average molecular weight is 387 g/mol. The first-order chi connectivity index (χ1) is 13.3. The third-order valence-corrected chi connectivity index (χ3v) is 3.83. The molecule has 11 heteroatoms. The van der Waals surface area contributed by atoms with Crippen LogP contribution in [-0.4, -0.2) is 20.9 Å². The minimum atomic E-state index is -1.08. The second-order valence-electron chi connectivity index (χ2n) is 5.70. The lowest BCUT2D eigenvalue weighted by molar-refractivity contribution is -0.402. The molecule has 3 rings (SSSR count). The highest BCUT2D eigenvalue weighted by molar-refractivity contribution is 5.88. The first-order valence-electron chi connectivity index (χ1n) is 7.88. The van der Waals surface area contributed by atoms with Crippen LogP contribution in [0.5, 0.6) is 0 Å². The number of anilines is 1. The van der Waals surface area contributed by atoms with Gasteiger partial charge in [-0.3, -0.25) is 20.2 Å². The summed E-state index contributed by atoms with van der Waals surface area (Å²) in [7, 11) is 0. The molecule has 28 heavy (non-hydrogen) atoms. The fourth-order valence-corrected chi connectivity index (χ4v) is 2.53. The van der Waals surface area contributed by atoms with Crippen molar-refractivity contribution >= 4 is 23.4 Å². The Hall–Kier alpha value is -4.15. The molecule has 0 unspecified atom stereocenters. The molecule has 1 N–H and O–H groups in total. The molecule has 2 aromatic heterocycles. The zero-order chi connectivity index (χ0) is 20.3. The highest BCUT2D eigenvalue weighted by Crippen LogP contribution is 2.25. The van der Waals surface area contributed by atoms with E-state index in [1.54, 1.807) is 17.0 Å². The number of carbonyl (C=O) groups is 1. The van der Waals surface area contributed by atoms with Crippen molar-refractivity contribution in [2.45, 2.75) is 13.1 Å². The quantitative estimate of drug-likeness (QED) is 0.451. The number of carboxylic acid groups (broad SMARTS) is 1. The van der Waals surface area contributed by atoms with Gasteiger partial charge in [0.25, 0.3) is 0 Å². The van der Waals surface area contributed by atoms with Gasteiger partial charge in [0.2, 0.25) is 0 Å². The van der Waals surface area contributed by atoms with Gasteiger partial charge in [-0.2, -0.15) is 0 Å². The monoisotopic (exact) mass is 387 g/mol. The minimum absolute atomic E-state index is 0.0889. The molecule has 1 aromatic carbocycles. The van der Waals surface area contributed by atoms with Gasteiger partial charge in [-0.1, -0.05) is 0 Å². The van der Waals surface area contributed by atoms with E-state index >= 15 is 0 Å². The number of furan rings is 2. The number of aromatic carboxylic acids is 1. The van der Waals surface area contributed by atoms with Gasteiger partial charge in [-0.15, -0.1) is 0 Å². The first-order valence-corrected chi connectivity index (χ1v) is 7.88. The zero-order valence-corrected chi connectivity index (χ0v) is 14.2. The van der Waals surface area contributed by atoms with E-state index < -0.39 is 27.6 Å². The largest absolute Gasteiger partial charge is 0.478 e. The molecule has 0 amide bonds. The van der Waals surface area contributed by atoms with Crippen molar-refractivity contribution in [3.8, 4) is 0 Å². The van der Waals surface area contributed by atoms with Crippen molar-refractivity contribution in [3.63, 3.8) is 0 Å². The van der Waals surface area contributed by atoms with Crippen LogP contribution in [0, 0.1) is 20.2 Å². The van der Waals surface area contributed by atoms with Gasteiger partial charge in [0.15, 0.2) is 0 Å². The summed E-state index contributed by atoms with van der Waals surface area (Å²) in [4.78, 5) is 33.0. The van der Waals surface area contributed by atoms with Crippen molar-refractivity contribution in [1.82, 2.24) is 0 Å². The van der Waals surface area contributed by atoms with Crippen LogP contribution < -0.4 is 4.90 Å². The summed E-state index contributed by atoms with van der Waals surface area (Å²) in [6, 6.07) is 11.2. The molecule has 0 saturated heterocycles. The Morgan fingerprint density at radius 3 is 1.68 bits per heavy atom. The molecule has 0 radical (unpaired) electrons. The van der Waals surface area contributed by atoms with Crippen LogP contribution in [0.25, 0.3) is 0 Å². The van der Waals surface area contributed by atoms with Crippen LogP contribution in [0.2, 0.25) is 0 Å². The van der Waals surface area contributed by atoms with Gasteiger partial charge in [0, 0.05) is 5.69 Å². The number of nitro groups is 2. The van der Waals surface area contributed by atoms with Crippen molar-refractivity contribution < 1.29 is 28.6 Å². The molecule has 0 atom stereocenters. The third kappa shape index (κ3) is 4.15. The molecule has 0 spiro atoms. The summed E-state index contributed by atoms with van der Waals surface area (Å²) in [5.74, 6) is -1.33. The molecule has 0 aliphatic carbocycles. The zero-order valence-electron chi connectivity index (χ0n) is 14.2. The smallest absolute Gasteiger partial charge is 0.433 e. The number of carboxylic acids is 1. The van der Waals surface area contributed by atoms with Gasteiger partial charge in [0.1, 0.15) is 21.4 Å². The number of rotatable bonds is 8. The Balaban J connectivity index is 1.88. The number of benzene rings is 1. The lowest BCUT2D eigenvalue weighted by Crippen LogP contribution is -2.21. The Bertz CT molecular complexity index is 967. The summed E-state index contributed by atoms with van der Waals surface area (Å²) in [5, 5.41) is 30.6. The van der Waals surface area contributed by atoms with Crippen LogP contribution in [-0.2, 0) is 13.1 Å². The topological polar surface area (TPSA) is 153 Å². The molecule has 0 bridgehead atoms. The van der Waals surface area contributed by atoms with E-state index in [9.17, 15) is 25.0 Å². The molecular formula is C17H13N3O8. The maximum atomic E-state index is 11.0. The molecule has 2 heterocycles. The normalized spacial score (nSPS) is 10.6. The maximum absolute atomic E-state index is 11.0. The number of nitrogens with zero attached hydrogens (tertiary/aromatic N) is 3. The van der Waals surface area contributed by atoms with Crippen molar-refractivity contribution in [2.24, 2.45) is 0 Å². The molecule has 0 aliphatic heterocycles. The van der Waals surface area contributed by atoms with Crippen LogP contribution in [0.3, 0.4) is 0 Å². The molecule has 0 fully saturated rings. The lowest BCUT2D eigenvalue weighted by atomic mass is 10.2. The molecular weight excluding hydrogens is 374 g/mol. The fourth-order valence-electron chi connectivity index (χ4n) is 2.53. The van der Waals surface area contributed by atoms with Gasteiger partial charge in [-0.05, 0) is 36.4 Å². The summed E-state index contributed by atoms with van der Waals surface area (Å²) in [5.41, 5.74) is 0.661. The van der Waals surface area contributed by atoms with Crippen LogP contribution in [0.4, 0.5) is 17.5 Å². The van der Waals surface area contributed by atoms with Gasteiger partial charge in [0.05, 0.1) is 30.8 Å². The second-order valence-corrected chi connectivity index (χ2v) is 5.70. The average Bonchev–Trinajstić information content (AvgIpc) is 3.31. The summed E-state index contributed by atoms with van der Waals surface area (Å²) in [6.45, 7) is 0.184. The number of hydrogen-bond donors (Lipinski definition) is 1. The van der Waals surface area contributed by atoms with E-state index in [2.05, 4.69) is 0 Å². The molecule has 3 aromatic rings. The first kappa shape index (κ1) is 18.6. The molecule has 144 valence electrons. The van der Waals surface area contributed by atoms with E-state index in [1.807, 2.05) is 0 Å². The highest BCUT2D eigenvalue weighted by atomic mass is 16.7. The molecule has 0 aliphatic rings.